The van der Waals surface area contributed by atoms with E-state index in [4.69, 9.17) is 4.98 Å². The number of carbonyl (C=O) groups excluding carboxylic acids is 1. The molecule has 1 unspecified atom stereocenters. The summed E-state index contributed by atoms with van der Waals surface area (Å²) >= 11 is 3.39. The van der Waals surface area contributed by atoms with Gasteiger partial charge in [-0.25, -0.2) is 15.0 Å². The highest BCUT2D eigenvalue weighted by atomic mass is 32.2. The van der Waals surface area contributed by atoms with Gasteiger partial charge in [0, 0.05) is 61.4 Å². The summed E-state index contributed by atoms with van der Waals surface area (Å²) in [5.41, 5.74) is 1.68. The van der Waals surface area contributed by atoms with Crippen molar-refractivity contribution in [1.82, 2.24) is 25.2 Å². The summed E-state index contributed by atoms with van der Waals surface area (Å²) < 4.78 is 1.08. The molecule has 5 rings (SSSR count). The van der Waals surface area contributed by atoms with E-state index in [1.54, 1.807) is 23.1 Å². The molecule has 1 aliphatic heterocycles. The summed E-state index contributed by atoms with van der Waals surface area (Å²) in [5.74, 6) is 2.28. The molecule has 0 spiro atoms. The Balaban J connectivity index is 1.20. The average Bonchev–Trinajstić information content (AvgIpc) is 3.49. The number of fused-ring (bicyclic) bond motifs is 1. The molecule has 0 radical (unpaired) electrons. The number of carbonyl (C=O) groups is 1. The van der Waals surface area contributed by atoms with Crippen LogP contribution in [0.1, 0.15) is 40.5 Å². The molecule has 1 saturated carbocycles. The quantitative estimate of drug-likeness (QED) is 0.483. The molecule has 2 N–H and O–H groups in total. The number of nitrogens with zero attached hydrogens (tertiary/aromatic N) is 4. The van der Waals surface area contributed by atoms with Gasteiger partial charge in [0.2, 0.25) is 0 Å². The van der Waals surface area contributed by atoms with E-state index in [1.807, 2.05) is 41.7 Å². The van der Waals surface area contributed by atoms with Crippen molar-refractivity contribution >= 4 is 39.2 Å². The molecule has 0 bridgehead atoms. The predicted molar refractivity (Wildman–Crippen MR) is 136 cm³/mol. The van der Waals surface area contributed by atoms with Crippen molar-refractivity contribution in [2.75, 3.05) is 32.5 Å². The summed E-state index contributed by atoms with van der Waals surface area (Å²) in [7, 11) is 0. The molecule has 2 aliphatic rings. The maximum Gasteiger partial charge on any atom is 0.254 e. The van der Waals surface area contributed by atoms with Gasteiger partial charge < -0.3 is 15.3 Å². The van der Waals surface area contributed by atoms with Crippen LogP contribution in [-0.4, -0.2) is 69.4 Å². The highest BCUT2D eigenvalue weighted by Crippen LogP contribution is 2.36. The van der Waals surface area contributed by atoms with Gasteiger partial charge in [-0.3, -0.25) is 4.79 Å². The second-order valence-electron chi connectivity index (χ2n) is 9.37. The number of hydrogen-bond acceptors (Lipinski definition) is 8. The zero-order chi connectivity index (χ0) is 23.5. The third-order valence-corrected chi connectivity index (χ3v) is 8.67. The summed E-state index contributed by atoms with van der Waals surface area (Å²) in [5, 5.41) is 13.8. The monoisotopic (exact) mass is 497 g/mol. The summed E-state index contributed by atoms with van der Waals surface area (Å²) in [4.78, 5) is 29.9. The minimum atomic E-state index is -0.0482. The molecule has 2 fully saturated rings. The number of thioether (sulfide) groups is 1. The molecule has 3 atom stereocenters. The van der Waals surface area contributed by atoms with Crippen LogP contribution in [0.2, 0.25) is 0 Å². The first-order valence-electron chi connectivity index (χ1n) is 12.0. The Morgan fingerprint density at radius 1 is 1.24 bits per heavy atom. The number of nitrogens with one attached hydrogen (secondary N) is 1. The van der Waals surface area contributed by atoms with Crippen molar-refractivity contribution in [2.45, 2.75) is 43.0 Å². The van der Waals surface area contributed by atoms with Crippen LogP contribution >= 0.6 is 23.1 Å². The first-order valence-corrected chi connectivity index (χ1v) is 14.0. The lowest BCUT2D eigenvalue weighted by molar-refractivity contribution is 0.0671. The van der Waals surface area contributed by atoms with Gasteiger partial charge in [0.1, 0.15) is 5.82 Å². The van der Waals surface area contributed by atoms with Gasteiger partial charge in [-0.05, 0) is 55.6 Å². The van der Waals surface area contributed by atoms with E-state index in [2.05, 4.69) is 15.3 Å². The molecule has 3 heterocycles. The standard InChI is InChI=1S/C25H31N5O2S2/c1-33-20-12-27-23(28-13-20)9-16-2-3-17(8-16)10-24-29-21-5-4-18(11-22(21)34-24)25(32)30-7-6-26-19(14-30)15-31/h4-5,11-13,16-17,19,26,31H,2-3,6-10,14-15H2,1H3/t16-,17-,19?/m0/s1. The molecular weight excluding hydrogens is 466 g/mol. The molecule has 1 aromatic carbocycles. The SMILES string of the molecule is CSc1cnc(C[C@H]2CC[C@H](Cc3nc4ccc(C(=O)N5CCNC(CO)C5)cc4s3)C2)nc1. The van der Waals surface area contributed by atoms with Gasteiger partial charge in [0.15, 0.2) is 0 Å². The maximum atomic E-state index is 13.0. The van der Waals surface area contributed by atoms with Gasteiger partial charge in [-0.2, -0.15) is 0 Å². The predicted octanol–water partition coefficient (Wildman–Crippen LogP) is 3.42. The van der Waals surface area contributed by atoms with E-state index in [1.165, 1.54) is 19.3 Å². The zero-order valence-corrected chi connectivity index (χ0v) is 21.1. The first-order chi connectivity index (χ1) is 16.6. The summed E-state index contributed by atoms with van der Waals surface area (Å²) in [6.45, 7) is 1.95. The van der Waals surface area contributed by atoms with Crippen LogP contribution in [0.15, 0.2) is 35.5 Å². The molecule has 180 valence electrons. The van der Waals surface area contributed by atoms with Gasteiger partial charge in [-0.1, -0.05) is 0 Å². The second kappa shape index (κ2) is 10.7. The van der Waals surface area contributed by atoms with Gasteiger partial charge in [0.05, 0.1) is 21.8 Å². The molecule has 9 heteroatoms. The number of hydrogen-bond donors (Lipinski definition) is 2. The topological polar surface area (TPSA) is 91.2 Å². The van der Waals surface area contributed by atoms with Gasteiger partial charge in [-0.15, -0.1) is 23.1 Å². The number of thiazole rings is 1. The molecule has 1 saturated heterocycles. The first kappa shape index (κ1) is 23.7. The molecule has 34 heavy (non-hydrogen) atoms. The number of piperazine rings is 1. The number of amides is 1. The molecule has 1 amide bonds. The van der Waals surface area contributed by atoms with E-state index < -0.39 is 0 Å². The van der Waals surface area contributed by atoms with Crippen LogP contribution < -0.4 is 5.32 Å². The van der Waals surface area contributed by atoms with E-state index in [0.717, 1.165) is 38.8 Å². The molecule has 3 aromatic rings. The van der Waals surface area contributed by atoms with E-state index in [0.29, 0.717) is 37.0 Å². The Bertz CT molecular complexity index is 1140. The molecule has 7 nitrogen and oxygen atoms in total. The highest BCUT2D eigenvalue weighted by molar-refractivity contribution is 7.98. The lowest BCUT2D eigenvalue weighted by Gasteiger charge is -2.32. The van der Waals surface area contributed by atoms with Crippen molar-refractivity contribution in [3.63, 3.8) is 0 Å². The highest BCUT2D eigenvalue weighted by Gasteiger charge is 2.27. The minimum Gasteiger partial charge on any atom is -0.395 e. The summed E-state index contributed by atoms with van der Waals surface area (Å²) in [6, 6.07) is 5.80. The van der Waals surface area contributed by atoms with Crippen LogP contribution in [0.25, 0.3) is 10.2 Å². The summed E-state index contributed by atoms with van der Waals surface area (Å²) in [6.07, 6.45) is 11.5. The van der Waals surface area contributed by atoms with Crippen molar-refractivity contribution < 1.29 is 9.90 Å². The van der Waals surface area contributed by atoms with Crippen LogP contribution in [-0.2, 0) is 12.8 Å². The Morgan fingerprint density at radius 3 is 2.79 bits per heavy atom. The number of aromatic nitrogens is 3. The van der Waals surface area contributed by atoms with E-state index >= 15 is 0 Å². The van der Waals surface area contributed by atoms with Crippen molar-refractivity contribution in [2.24, 2.45) is 11.8 Å². The van der Waals surface area contributed by atoms with Gasteiger partial charge >= 0.3 is 0 Å². The van der Waals surface area contributed by atoms with Crippen molar-refractivity contribution in [1.29, 1.82) is 0 Å². The number of aliphatic hydroxyl groups is 1. The number of aliphatic hydroxyl groups excluding tert-OH is 1. The fourth-order valence-corrected chi connectivity index (χ4v) is 6.55. The fourth-order valence-electron chi connectivity index (χ4n) is 5.12. The van der Waals surface area contributed by atoms with E-state index in [9.17, 15) is 9.90 Å². The maximum absolute atomic E-state index is 13.0. The Kier molecular flexibility index (Phi) is 7.43. The van der Waals surface area contributed by atoms with Crippen LogP contribution in [0.4, 0.5) is 0 Å². The lowest BCUT2D eigenvalue weighted by Crippen LogP contribution is -2.54. The fraction of sp³-hybridized carbons (Fsp3) is 0.520. The molecule has 1 aliphatic carbocycles. The average molecular weight is 498 g/mol. The third-order valence-electron chi connectivity index (χ3n) is 6.94. The lowest BCUT2D eigenvalue weighted by atomic mass is 9.99. The van der Waals surface area contributed by atoms with Crippen LogP contribution in [0, 0.1) is 11.8 Å². The van der Waals surface area contributed by atoms with Crippen LogP contribution in [0.3, 0.4) is 0 Å². The third kappa shape index (κ3) is 5.43. The van der Waals surface area contributed by atoms with Crippen molar-refractivity contribution in [3.8, 4) is 0 Å². The van der Waals surface area contributed by atoms with Crippen molar-refractivity contribution in [3.05, 3.63) is 47.0 Å². The molecule has 2 aromatic heterocycles. The number of rotatable bonds is 7. The Morgan fingerprint density at radius 2 is 2.03 bits per heavy atom. The smallest absolute Gasteiger partial charge is 0.254 e. The minimum absolute atomic E-state index is 0.0308. The van der Waals surface area contributed by atoms with Crippen LogP contribution in [0.5, 0.6) is 0 Å². The number of benzene rings is 1. The van der Waals surface area contributed by atoms with E-state index in [-0.39, 0.29) is 18.6 Å². The largest absolute Gasteiger partial charge is 0.395 e. The zero-order valence-electron chi connectivity index (χ0n) is 19.4. The second-order valence-corrected chi connectivity index (χ2v) is 11.4. The van der Waals surface area contributed by atoms with Gasteiger partial charge in [0.25, 0.3) is 5.91 Å². The Labute approximate surface area is 208 Å². The molecular formula is C25H31N5O2S2. The Hall–Kier alpha value is -2.07. The normalized spacial score (nSPS) is 23.0.